The van der Waals surface area contributed by atoms with Crippen LogP contribution in [0.1, 0.15) is 97.1 Å². The number of nitrogens with one attached hydrogen (secondary N) is 2. The maximum Gasteiger partial charge on any atom is 0.248 e. The van der Waals surface area contributed by atoms with E-state index in [1.807, 2.05) is 99.4 Å². The normalized spacial score (nSPS) is 17.4. The number of halogens is 1. The first-order valence-electron chi connectivity index (χ1n) is 23.5. The van der Waals surface area contributed by atoms with Gasteiger partial charge in [-0.2, -0.15) is 5.10 Å². The molecule has 9 rings (SSSR count). The molecule has 15 nitrogen and oxygen atoms in total. The molecule has 5 aromatic heterocycles. The summed E-state index contributed by atoms with van der Waals surface area (Å²) in [7, 11) is 0. The number of benzene rings is 2. The molecule has 0 aliphatic carbocycles. The van der Waals surface area contributed by atoms with Crippen molar-refractivity contribution in [3.63, 3.8) is 0 Å². The number of rotatable bonds is 15. The van der Waals surface area contributed by atoms with E-state index in [4.69, 9.17) is 21.3 Å². The van der Waals surface area contributed by atoms with Gasteiger partial charge in [-0.3, -0.25) is 28.6 Å². The predicted octanol–water partition coefficient (Wildman–Crippen LogP) is 9.21. The molecule has 0 unspecified atom stereocenters. The van der Waals surface area contributed by atoms with Crippen LogP contribution in [0.15, 0.2) is 89.8 Å². The summed E-state index contributed by atoms with van der Waals surface area (Å²) in [5.74, 6) is 1.22. The molecule has 18 heteroatoms. The average Bonchev–Trinajstić information content (AvgIpc) is 4.19. The highest BCUT2D eigenvalue weighted by atomic mass is 35.5. The molecule has 0 spiro atoms. The highest BCUT2D eigenvalue weighted by Crippen LogP contribution is 2.40. The molecule has 2 aromatic carbocycles. The number of aromatic nitrogens is 7. The SMILES string of the molecule is Cc1ncsc1-c1ccc(CNC(=O)[C@@H]2C[C@@H](C)CN2C(=O)[C@@H](C(C)C)n2cc(-c3ccnc(O[C@H](C)CNC(=O)C[C@@H]4N=C(c5ccc(Cl)cc5)c5c(sc(C)c5C)-n5c(C)nnc54)c3)cn2)cc1. The maximum atomic E-state index is 14.5. The molecule has 70 heavy (non-hydrogen) atoms. The van der Waals surface area contributed by atoms with Crippen molar-refractivity contribution in [3.05, 3.63) is 134 Å². The van der Waals surface area contributed by atoms with Crippen LogP contribution in [0.25, 0.3) is 26.6 Å². The van der Waals surface area contributed by atoms with Crippen LogP contribution < -0.4 is 15.4 Å². The van der Waals surface area contributed by atoms with Crippen molar-refractivity contribution in [1.29, 1.82) is 0 Å². The van der Waals surface area contributed by atoms with Gasteiger partial charge in [0.1, 0.15) is 35.1 Å². The zero-order valence-corrected chi connectivity index (χ0v) is 42.8. The van der Waals surface area contributed by atoms with Gasteiger partial charge in [-0.05, 0) is 93.3 Å². The summed E-state index contributed by atoms with van der Waals surface area (Å²) < 4.78 is 9.96. The molecule has 2 aliphatic rings. The molecular formula is C52H56ClN11O4S2. The number of aryl methyl sites for hydroxylation is 3. The minimum absolute atomic E-state index is 0.0429. The van der Waals surface area contributed by atoms with Gasteiger partial charge in [0.25, 0.3) is 0 Å². The Morgan fingerprint density at radius 2 is 1.67 bits per heavy atom. The lowest BCUT2D eigenvalue weighted by Crippen LogP contribution is -2.48. The van der Waals surface area contributed by atoms with Gasteiger partial charge >= 0.3 is 0 Å². The molecule has 1 fully saturated rings. The largest absolute Gasteiger partial charge is 0.473 e. The third-order valence-electron chi connectivity index (χ3n) is 13.0. The van der Waals surface area contributed by atoms with Gasteiger partial charge < -0.3 is 20.3 Å². The number of thiophene rings is 1. The zero-order valence-electron chi connectivity index (χ0n) is 40.4. The quantitative estimate of drug-likeness (QED) is 0.102. The third kappa shape index (κ3) is 10.1. The van der Waals surface area contributed by atoms with Gasteiger partial charge in [0.2, 0.25) is 23.6 Å². The Morgan fingerprint density at radius 1 is 0.914 bits per heavy atom. The summed E-state index contributed by atoms with van der Waals surface area (Å²) in [5, 5.41) is 21.4. The van der Waals surface area contributed by atoms with Crippen molar-refractivity contribution in [2.45, 2.75) is 99.0 Å². The number of ether oxygens (including phenoxy) is 1. The summed E-state index contributed by atoms with van der Waals surface area (Å²) in [4.78, 5) is 60.0. The van der Waals surface area contributed by atoms with Crippen LogP contribution >= 0.6 is 34.3 Å². The van der Waals surface area contributed by atoms with Gasteiger partial charge in [0.15, 0.2) is 5.82 Å². The van der Waals surface area contributed by atoms with E-state index in [1.54, 1.807) is 44.6 Å². The number of thiazole rings is 1. The second kappa shape index (κ2) is 20.4. The van der Waals surface area contributed by atoms with Crippen molar-refractivity contribution in [1.82, 2.24) is 50.0 Å². The van der Waals surface area contributed by atoms with Gasteiger partial charge in [-0.15, -0.1) is 32.9 Å². The summed E-state index contributed by atoms with van der Waals surface area (Å²) >= 11 is 9.55. The molecular weight excluding hydrogens is 942 g/mol. The molecule has 362 valence electrons. The van der Waals surface area contributed by atoms with E-state index >= 15 is 0 Å². The Morgan fingerprint density at radius 3 is 2.40 bits per heavy atom. The van der Waals surface area contributed by atoms with Crippen molar-refractivity contribution >= 4 is 57.7 Å². The number of fused-ring (bicyclic) bond motifs is 3. The molecule has 2 N–H and O–H groups in total. The first-order valence-corrected chi connectivity index (χ1v) is 25.6. The van der Waals surface area contributed by atoms with Crippen LogP contribution in [0, 0.1) is 39.5 Å². The van der Waals surface area contributed by atoms with E-state index in [9.17, 15) is 14.4 Å². The number of amides is 3. The minimum atomic E-state index is -0.632. The number of carbonyl (C=O) groups excluding carboxylic acids is 3. The molecule has 0 bridgehead atoms. The highest BCUT2D eigenvalue weighted by molar-refractivity contribution is 7.15. The van der Waals surface area contributed by atoms with Crippen LogP contribution in [-0.2, 0) is 20.9 Å². The second-order valence-electron chi connectivity index (χ2n) is 18.7. The lowest BCUT2D eigenvalue weighted by atomic mass is 9.99. The van der Waals surface area contributed by atoms with E-state index in [0.717, 1.165) is 66.1 Å². The second-order valence-corrected chi connectivity index (χ2v) is 21.1. The van der Waals surface area contributed by atoms with Crippen LogP contribution in [0.2, 0.25) is 5.02 Å². The molecule has 7 heterocycles. The van der Waals surface area contributed by atoms with Gasteiger partial charge in [-0.1, -0.05) is 68.8 Å². The topological polar surface area (TPSA) is 174 Å². The summed E-state index contributed by atoms with van der Waals surface area (Å²) in [6.07, 6.45) is 5.43. The van der Waals surface area contributed by atoms with E-state index < -0.39 is 24.2 Å². The van der Waals surface area contributed by atoms with Gasteiger partial charge in [-0.25, -0.2) is 9.97 Å². The number of aliphatic imine (C=N–C) groups is 1. The molecule has 0 saturated carbocycles. The number of likely N-dealkylation sites (tertiary alicyclic amines) is 1. The Hall–Kier alpha value is -6.56. The fourth-order valence-corrected chi connectivity index (χ4v) is 11.4. The molecule has 7 aromatic rings. The Kier molecular flexibility index (Phi) is 14.1. The number of nitrogens with zero attached hydrogens (tertiary/aromatic N) is 9. The Bertz CT molecular complexity index is 3080. The lowest BCUT2D eigenvalue weighted by Gasteiger charge is -2.30. The number of hydrogen-bond acceptors (Lipinski definition) is 12. The molecule has 3 amide bonds. The first kappa shape index (κ1) is 48.5. The summed E-state index contributed by atoms with van der Waals surface area (Å²) in [5.41, 5.74) is 10.3. The minimum Gasteiger partial charge on any atom is -0.473 e. The monoisotopic (exact) mass is 997 g/mol. The van der Waals surface area contributed by atoms with Crippen molar-refractivity contribution in [2.75, 3.05) is 13.1 Å². The van der Waals surface area contributed by atoms with Crippen LogP contribution in [0.5, 0.6) is 5.88 Å². The van der Waals surface area contributed by atoms with Crippen LogP contribution in [0.3, 0.4) is 0 Å². The van der Waals surface area contributed by atoms with E-state index in [0.29, 0.717) is 36.2 Å². The summed E-state index contributed by atoms with van der Waals surface area (Å²) in [6.45, 7) is 17.1. The fourth-order valence-electron chi connectivity index (χ4n) is 9.25. The summed E-state index contributed by atoms with van der Waals surface area (Å²) in [6, 6.07) is 17.6. The highest BCUT2D eigenvalue weighted by Gasteiger charge is 2.42. The zero-order chi connectivity index (χ0) is 49.4. The van der Waals surface area contributed by atoms with Gasteiger partial charge in [0.05, 0.1) is 41.0 Å². The molecule has 2 aliphatic heterocycles. The van der Waals surface area contributed by atoms with Crippen molar-refractivity contribution in [3.8, 4) is 32.4 Å². The predicted molar refractivity (Wildman–Crippen MR) is 274 cm³/mol. The van der Waals surface area contributed by atoms with Crippen molar-refractivity contribution in [2.24, 2.45) is 16.8 Å². The fraction of sp³-hybridized carbons (Fsp3) is 0.365. The smallest absolute Gasteiger partial charge is 0.248 e. The maximum absolute atomic E-state index is 14.5. The van der Waals surface area contributed by atoms with Crippen LogP contribution in [-0.4, -0.2) is 88.1 Å². The lowest BCUT2D eigenvalue weighted by molar-refractivity contribution is -0.142. The molecule has 5 atom stereocenters. The van der Waals surface area contributed by atoms with Crippen molar-refractivity contribution < 1.29 is 19.1 Å². The molecule has 0 radical (unpaired) electrons. The first-order chi connectivity index (χ1) is 33.6. The van der Waals surface area contributed by atoms with Gasteiger partial charge in [0, 0.05) is 58.1 Å². The van der Waals surface area contributed by atoms with E-state index in [2.05, 4.69) is 68.8 Å². The van der Waals surface area contributed by atoms with E-state index in [1.165, 1.54) is 4.88 Å². The number of pyridine rings is 1. The Balaban J connectivity index is 0.831. The third-order valence-corrected chi connectivity index (χ3v) is 15.4. The van der Waals surface area contributed by atoms with Crippen LogP contribution in [0.4, 0.5) is 0 Å². The number of hydrogen-bond donors (Lipinski definition) is 2. The standard InChI is InChI=1S/C52H56ClN11O4S2/c1-28(2)47(51(67)62-25-29(3)19-42(62)50(66)56-23-35-9-11-37(12-10-35)48-32(6)57-27-69-48)63-26-39(24-58-63)38-17-18-54-44(20-38)68-30(4)22-55-43(65)21-41-49-61-60-34(8)64(49)52-45(31(5)33(7)70-52)46(59-41)36-13-15-40(53)16-14-36/h9-18,20,24,26-30,41-42,47H,19,21-23,25H2,1-8H3,(H,55,65)(H,56,66)/t29-,30-,41+,42+,47-/m1/s1. The van der Waals surface area contributed by atoms with E-state index in [-0.39, 0.29) is 42.5 Å². The average molecular weight is 999 g/mol. The number of carbonyl (C=O) groups is 3. The molecule has 1 saturated heterocycles. The Labute approximate surface area is 420 Å².